The lowest BCUT2D eigenvalue weighted by Crippen LogP contribution is -2.33. The molecule has 1 saturated heterocycles. The predicted octanol–water partition coefficient (Wildman–Crippen LogP) is 4.28. The molecule has 1 aliphatic heterocycles. The Balaban J connectivity index is 1.67. The molecule has 2 heterocycles. The summed E-state index contributed by atoms with van der Waals surface area (Å²) in [4.78, 5) is 19.8. The Morgan fingerprint density at radius 2 is 2.13 bits per heavy atom. The Kier molecular flexibility index (Phi) is 5.64. The van der Waals surface area contributed by atoms with E-state index in [9.17, 15) is 10.1 Å². The molecular weight excluding hydrogens is 376 g/mol. The highest BCUT2D eigenvalue weighted by molar-refractivity contribution is 6.07. The van der Waals surface area contributed by atoms with Gasteiger partial charge >= 0.3 is 0 Å². The number of carbonyl (C=O) groups excluding carboxylic acids is 1. The molecule has 2 aromatic carbocycles. The van der Waals surface area contributed by atoms with Crippen LogP contribution in [0.25, 0.3) is 10.9 Å². The van der Waals surface area contributed by atoms with Crippen molar-refractivity contribution in [2.45, 2.75) is 25.8 Å². The summed E-state index contributed by atoms with van der Waals surface area (Å²) in [7, 11) is 1.74. The van der Waals surface area contributed by atoms with Crippen LogP contribution in [0.5, 0.6) is 0 Å². The topological polar surface area (TPSA) is 78.2 Å². The average molecular weight is 400 g/mol. The van der Waals surface area contributed by atoms with Crippen LogP contribution in [0.2, 0.25) is 0 Å². The van der Waals surface area contributed by atoms with Crippen molar-refractivity contribution in [1.29, 1.82) is 5.26 Å². The Labute approximate surface area is 176 Å². The number of benzene rings is 2. The molecule has 0 bridgehead atoms. The molecule has 152 valence electrons. The number of aromatic nitrogens is 1. The second kappa shape index (κ2) is 8.52. The molecule has 30 heavy (non-hydrogen) atoms. The van der Waals surface area contributed by atoms with E-state index in [1.165, 1.54) is 0 Å². The minimum absolute atomic E-state index is 0.306. The molecule has 1 fully saturated rings. The number of hydrogen-bond acceptors (Lipinski definition) is 5. The lowest BCUT2D eigenvalue weighted by Gasteiger charge is -2.28. The lowest BCUT2D eigenvalue weighted by molar-refractivity contribution is 0.102. The first-order valence-corrected chi connectivity index (χ1v) is 10.1. The fourth-order valence-corrected chi connectivity index (χ4v) is 4.15. The van der Waals surface area contributed by atoms with Gasteiger partial charge in [0, 0.05) is 36.1 Å². The molecule has 1 unspecified atom stereocenters. The molecule has 1 N–H and O–H groups in total. The lowest BCUT2D eigenvalue weighted by atomic mass is 10.1. The van der Waals surface area contributed by atoms with Crippen LogP contribution < -0.4 is 10.2 Å². The van der Waals surface area contributed by atoms with Gasteiger partial charge in [0.2, 0.25) is 0 Å². The van der Waals surface area contributed by atoms with E-state index in [2.05, 4.69) is 22.4 Å². The second-order valence-electron chi connectivity index (χ2n) is 7.57. The maximum absolute atomic E-state index is 12.7. The zero-order chi connectivity index (χ0) is 21.1. The van der Waals surface area contributed by atoms with Crippen LogP contribution in [0.15, 0.2) is 48.5 Å². The molecule has 0 spiro atoms. The van der Waals surface area contributed by atoms with Gasteiger partial charge in [0.15, 0.2) is 0 Å². The summed E-state index contributed by atoms with van der Waals surface area (Å²) in [5.41, 5.74) is 4.28. The van der Waals surface area contributed by atoms with E-state index in [1.807, 2.05) is 25.1 Å². The molecule has 6 nitrogen and oxygen atoms in total. The first-order chi connectivity index (χ1) is 14.6. The van der Waals surface area contributed by atoms with Gasteiger partial charge in [0.05, 0.1) is 35.4 Å². The number of ether oxygens (including phenoxy) is 1. The molecular formula is C24H24N4O2. The van der Waals surface area contributed by atoms with Crippen molar-refractivity contribution in [3.8, 4) is 6.07 Å². The molecule has 1 aliphatic rings. The summed E-state index contributed by atoms with van der Waals surface area (Å²) in [6, 6.07) is 17.1. The first kappa shape index (κ1) is 19.9. The number of rotatable bonds is 5. The van der Waals surface area contributed by atoms with Gasteiger partial charge in [0.25, 0.3) is 5.91 Å². The standard InChI is InChI=1S/C24H24N4O2/c1-16-12-23(28-11-5-7-19(28)15-30-2)21-10-9-18(13-22(21)26-16)27-24(29)20-8-4-3-6-17(20)14-25/h3-4,6,8-10,12-13,19H,5,7,11,15H2,1-2H3,(H,27,29). The summed E-state index contributed by atoms with van der Waals surface area (Å²) < 4.78 is 5.42. The number of nitrogens with zero attached hydrogens (tertiary/aromatic N) is 3. The molecule has 3 aromatic rings. The number of nitriles is 1. The summed E-state index contributed by atoms with van der Waals surface area (Å²) >= 11 is 0. The molecule has 6 heteroatoms. The van der Waals surface area contributed by atoms with Gasteiger partial charge in [-0.15, -0.1) is 0 Å². The first-order valence-electron chi connectivity index (χ1n) is 10.1. The highest BCUT2D eigenvalue weighted by Gasteiger charge is 2.26. The van der Waals surface area contributed by atoms with E-state index in [0.717, 1.165) is 41.7 Å². The number of hydrogen-bond donors (Lipinski definition) is 1. The molecule has 0 aliphatic carbocycles. The highest BCUT2D eigenvalue weighted by atomic mass is 16.5. The van der Waals surface area contributed by atoms with Crippen LogP contribution >= 0.6 is 0 Å². The molecule has 1 aromatic heterocycles. The Morgan fingerprint density at radius 3 is 2.93 bits per heavy atom. The van der Waals surface area contributed by atoms with Crippen LogP contribution in [-0.2, 0) is 4.74 Å². The van der Waals surface area contributed by atoms with Crippen molar-refractivity contribution in [2.75, 3.05) is 30.5 Å². The van der Waals surface area contributed by atoms with Gasteiger partial charge < -0.3 is 15.0 Å². The maximum Gasteiger partial charge on any atom is 0.257 e. The smallest absolute Gasteiger partial charge is 0.257 e. The van der Waals surface area contributed by atoms with E-state index < -0.39 is 0 Å². The van der Waals surface area contributed by atoms with Crippen molar-refractivity contribution in [3.63, 3.8) is 0 Å². The van der Waals surface area contributed by atoms with Crippen LogP contribution in [0.4, 0.5) is 11.4 Å². The summed E-state index contributed by atoms with van der Waals surface area (Å²) in [6.45, 7) is 3.68. The number of nitrogens with one attached hydrogen (secondary N) is 1. The van der Waals surface area contributed by atoms with Crippen LogP contribution in [-0.4, -0.2) is 37.2 Å². The molecule has 1 atom stereocenters. The third-order valence-electron chi connectivity index (χ3n) is 5.51. The van der Waals surface area contributed by atoms with Crippen LogP contribution in [0, 0.1) is 18.3 Å². The number of pyridine rings is 1. The van der Waals surface area contributed by atoms with Crippen molar-refractivity contribution in [2.24, 2.45) is 0 Å². The van der Waals surface area contributed by atoms with Gasteiger partial charge in [-0.3, -0.25) is 9.78 Å². The highest BCUT2D eigenvalue weighted by Crippen LogP contribution is 2.33. The van der Waals surface area contributed by atoms with Crippen molar-refractivity contribution < 1.29 is 9.53 Å². The Hall–Kier alpha value is -3.43. The number of anilines is 2. The second-order valence-corrected chi connectivity index (χ2v) is 7.57. The average Bonchev–Trinajstić information content (AvgIpc) is 3.21. The van der Waals surface area contributed by atoms with Crippen molar-refractivity contribution in [3.05, 3.63) is 65.4 Å². The van der Waals surface area contributed by atoms with Crippen molar-refractivity contribution >= 4 is 28.2 Å². The fourth-order valence-electron chi connectivity index (χ4n) is 4.15. The summed E-state index contributed by atoms with van der Waals surface area (Å²) in [6.07, 6.45) is 2.26. The van der Waals surface area contributed by atoms with E-state index >= 15 is 0 Å². The number of amides is 1. The minimum atomic E-state index is -0.306. The van der Waals surface area contributed by atoms with Crippen molar-refractivity contribution in [1.82, 2.24) is 4.98 Å². The van der Waals surface area contributed by atoms with Gasteiger partial charge in [0.1, 0.15) is 0 Å². The quantitative estimate of drug-likeness (QED) is 0.691. The molecule has 0 saturated carbocycles. The number of methoxy groups -OCH3 is 1. The summed E-state index contributed by atoms with van der Waals surface area (Å²) in [5.74, 6) is -0.306. The van der Waals surface area contributed by atoms with E-state index in [4.69, 9.17) is 9.72 Å². The van der Waals surface area contributed by atoms with Gasteiger partial charge in [-0.1, -0.05) is 12.1 Å². The number of fused-ring (bicyclic) bond motifs is 1. The molecule has 4 rings (SSSR count). The van der Waals surface area contributed by atoms with Gasteiger partial charge in [-0.2, -0.15) is 5.26 Å². The van der Waals surface area contributed by atoms with E-state index in [0.29, 0.717) is 29.5 Å². The molecule has 1 amide bonds. The fraction of sp³-hybridized carbons (Fsp3) is 0.292. The zero-order valence-electron chi connectivity index (χ0n) is 17.2. The van der Waals surface area contributed by atoms with Crippen LogP contribution in [0.1, 0.15) is 34.5 Å². The number of carbonyl (C=O) groups is 1. The maximum atomic E-state index is 12.7. The zero-order valence-corrected chi connectivity index (χ0v) is 17.2. The van der Waals surface area contributed by atoms with E-state index in [-0.39, 0.29) is 5.91 Å². The molecule has 0 radical (unpaired) electrons. The normalized spacial score (nSPS) is 15.9. The third-order valence-corrected chi connectivity index (χ3v) is 5.51. The van der Waals surface area contributed by atoms with Gasteiger partial charge in [-0.05, 0) is 56.2 Å². The monoisotopic (exact) mass is 400 g/mol. The van der Waals surface area contributed by atoms with Gasteiger partial charge in [-0.25, -0.2) is 0 Å². The third kappa shape index (κ3) is 3.85. The minimum Gasteiger partial charge on any atom is -0.383 e. The SMILES string of the molecule is COCC1CCCN1c1cc(C)nc2cc(NC(=O)c3ccccc3C#N)ccc12. The van der Waals surface area contributed by atoms with Crippen LogP contribution in [0.3, 0.4) is 0 Å². The number of aryl methyl sites for hydroxylation is 1. The Bertz CT molecular complexity index is 1140. The predicted molar refractivity (Wildman–Crippen MR) is 118 cm³/mol. The summed E-state index contributed by atoms with van der Waals surface area (Å²) in [5, 5.41) is 13.2. The largest absolute Gasteiger partial charge is 0.383 e. The van der Waals surface area contributed by atoms with E-state index in [1.54, 1.807) is 31.4 Å². The Morgan fingerprint density at radius 1 is 1.30 bits per heavy atom.